The minimum Gasteiger partial charge on any atom is -0.455 e. The fraction of sp³-hybridized carbons (Fsp3) is 0. The Morgan fingerprint density at radius 3 is 1.63 bits per heavy atom. The number of fused-ring (bicyclic) bond motifs is 8. The zero-order valence-electron chi connectivity index (χ0n) is 44.9. The number of furan rings is 1. The highest BCUT2D eigenvalue weighted by atomic mass is 16.3. The van der Waals surface area contributed by atoms with Crippen molar-refractivity contribution >= 4 is 75.8 Å². The summed E-state index contributed by atoms with van der Waals surface area (Å²) in [6, 6.07) is 27.2. The van der Waals surface area contributed by atoms with Crippen LogP contribution in [0.5, 0.6) is 0 Å². The van der Waals surface area contributed by atoms with E-state index in [1.165, 1.54) is 0 Å². The maximum atomic E-state index is 9.59. The predicted molar refractivity (Wildman–Crippen MR) is 243 cm³/mol. The van der Waals surface area contributed by atoms with Crippen molar-refractivity contribution in [2.24, 2.45) is 0 Å². The van der Waals surface area contributed by atoms with Gasteiger partial charge in [-0.05, 0) is 111 Å². The Bertz CT molecular complexity index is 4370. The average Bonchev–Trinajstić information content (AvgIpc) is 3.78. The van der Waals surface area contributed by atoms with Crippen molar-refractivity contribution in [2.75, 3.05) is 0 Å². The van der Waals surface area contributed by atoms with Crippen LogP contribution in [0.4, 0.5) is 0 Å². The molecule has 0 bridgehead atoms. The van der Waals surface area contributed by atoms with E-state index in [1.807, 2.05) is 72.8 Å². The third kappa shape index (κ3) is 4.89. The first kappa shape index (κ1) is 20.4. The van der Waals surface area contributed by atoms with Crippen LogP contribution in [0.25, 0.3) is 120 Å². The highest BCUT2D eigenvalue weighted by Gasteiger charge is 2.20. The molecule has 1 aromatic heterocycles. The molecule has 264 valence electrons. The first-order valence-electron chi connectivity index (χ1n) is 25.9. The molecule has 1 heteroatoms. The van der Waals surface area contributed by atoms with Gasteiger partial charge in [0.1, 0.15) is 11.2 Å². The van der Waals surface area contributed by atoms with Crippen molar-refractivity contribution in [2.45, 2.75) is 0 Å². The molecular weight excluding hydrogens is 689 g/mol. The number of hydrogen-bond acceptors (Lipinski definition) is 1. The summed E-state index contributed by atoms with van der Waals surface area (Å²) in [6.07, 6.45) is 0. The molecule has 0 aliphatic heterocycles. The van der Waals surface area contributed by atoms with Crippen LogP contribution in [-0.2, 0) is 0 Å². The van der Waals surface area contributed by atoms with Gasteiger partial charge < -0.3 is 4.42 Å². The smallest absolute Gasteiger partial charge is 0.143 e. The number of benzene rings is 11. The molecule has 0 aliphatic rings. The van der Waals surface area contributed by atoms with Crippen molar-refractivity contribution in [3.8, 4) is 44.5 Å². The van der Waals surface area contributed by atoms with Gasteiger partial charge in [0, 0.05) is 16.3 Å². The lowest BCUT2D eigenvalue weighted by molar-refractivity contribution is 0.670. The van der Waals surface area contributed by atoms with E-state index in [0.717, 1.165) is 49.4 Å². The van der Waals surface area contributed by atoms with Gasteiger partial charge in [0.05, 0.1) is 20.6 Å². The SMILES string of the molecule is [2H]c1c([2H])c([2H])c2c(-c3c4c([2H])c([2H])c([2H])c([2H])c4c(-c4cccc5c(-c6ccc7c(c6)oc6c(-c8ccc9ccccc9c8)cccc67)cccc45)c4c([2H])c([2H])c([2H])c([2H])c34)c([2H])c([2H])c([2H])c2c1[2H]. The molecule has 0 atom stereocenters. The lowest BCUT2D eigenvalue weighted by atomic mass is 9.83. The van der Waals surface area contributed by atoms with Crippen LogP contribution in [0.3, 0.4) is 0 Å². The first-order valence-corrected chi connectivity index (χ1v) is 18.4. The molecule has 0 saturated carbocycles. The van der Waals surface area contributed by atoms with Gasteiger partial charge in [-0.3, -0.25) is 0 Å². The second-order valence-electron chi connectivity index (χ2n) is 14.0. The maximum absolute atomic E-state index is 9.59. The molecular formula is C56H34O. The molecule has 0 unspecified atom stereocenters. The lowest BCUT2D eigenvalue weighted by Gasteiger charge is -2.20. The minimum atomic E-state index is -0.762. The fourth-order valence-corrected chi connectivity index (χ4v) is 8.47. The van der Waals surface area contributed by atoms with Crippen LogP contribution in [0.1, 0.15) is 20.6 Å². The molecule has 0 radical (unpaired) electrons. The molecule has 11 aromatic carbocycles. The summed E-state index contributed by atoms with van der Waals surface area (Å²) >= 11 is 0. The van der Waals surface area contributed by atoms with Crippen LogP contribution >= 0.6 is 0 Å². The third-order valence-corrected chi connectivity index (χ3v) is 11.0. The summed E-state index contributed by atoms with van der Waals surface area (Å²) in [6.45, 7) is 0. The van der Waals surface area contributed by atoms with E-state index in [-0.39, 0.29) is 32.7 Å². The van der Waals surface area contributed by atoms with Gasteiger partial charge in [0.15, 0.2) is 0 Å². The zero-order chi connectivity index (χ0) is 50.5. The number of hydrogen-bond donors (Lipinski definition) is 0. The standard InChI is InChI=1S/C56H34O/c1-2-15-37-33-38(30-29-35(37)13-1)42-23-11-28-52-45-32-31-39(34-53(45)57-56(42)52)41-22-10-25-44-43(41)24-12-27-47(44)55-50-20-7-5-18-48(50)54(49-19-6-8-21-51(49)55)46-26-9-16-36-14-3-4-17-40(36)46/h1-34H/i3D,4D,5D,6D,7D,8D,9D,14D,16D,17D,18D,19D,20D,21D,26D. The second-order valence-corrected chi connectivity index (χ2v) is 14.0. The molecule has 57 heavy (non-hydrogen) atoms. The Kier molecular flexibility index (Phi) is 4.49. The van der Waals surface area contributed by atoms with Gasteiger partial charge in [-0.25, -0.2) is 0 Å². The summed E-state index contributed by atoms with van der Waals surface area (Å²) in [5.41, 5.74) is 4.44. The monoisotopic (exact) mass is 737 g/mol. The molecule has 1 heterocycles. The van der Waals surface area contributed by atoms with Crippen LogP contribution < -0.4 is 0 Å². The van der Waals surface area contributed by atoms with Gasteiger partial charge in [-0.15, -0.1) is 0 Å². The topological polar surface area (TPSA) is 13.1 Å². The average molecular weight is 738 g/mol. The van der Waals surface area contributed by atoms with Gasteiger partial charge in [-0.1, -0.05) is 188 Å². The zero-order valence-corrected chi connectivity index (χ0v) is 29.9. The van der Waals surface area contributed by atoms with E-state index in [0.29, 0.717) is 21.9 Å². The molecule has 12 aromatic rings. The lowest BCUT2D eigenvalue weighted by Crippen LogP contribution is -1.92. The maximum Gasteiger partial charge on any atom is 0.143 e. The predicted octanol–water partition coefficient (Wildman–Crippen LogP) is 16.0. The molecule has 0 amide bonds. The molecule has 0 fully saturated rings. The second kappa shape index (κ2) is 12.5. The Morgan fingerprint density at radius 2 is 0.877 bits per heavy atom. The van der Waals surface area contributed by atoms with E-state index in [2.05, 4.69) is 30.3 Å². The fourth-order valence-electron chi connectivity index (χ4n) is 8.47. The quantitative estimate of drug-likeness (QED) is 0.164. The first-order chi connectivity index (χ1) is 34.5. The molecule has 1 nitrogen and oxygen atoms in total. The molecule has 0 aliphatic carbocycles. The van der Waals surface area contributed by atoms with Crippen molar-refractivity contribution in [3.05, 3.63) is 206 Å². The van der Waals surface area contributed by atoms with Gasteiger partial charge in [0.25, 0.3) is 0 Å². The molecule has 12 rings (SSSR count). The largest absolute Gasteiger partial charge is 0.455 e. The minimum absolute atomic E-state index is 0.0282. The molecule has 0 N–H and O–H groups in total. The normalized spacial score (nSPS) is 15.5. The van der Waals surface area contributed by atoms with Gasteiger partial charge >= 0.3 is 0 Å². The summed E-state index contributed by atoms with van der Waals surface area (Å²) in [5.74, 6) is 0. The van der Waals surface area contributed by atoms with Gasteiger partial charge in [0.2, 0.25) is 0 Å². The number of rotatable bonds is 4. The van der Waals surface area contributed by atoms with Crippen molar-refractivity contribution in [3.63, 3.8) is 0 Å². The summed E-state index contributed by atoms with van der Waals surface area (Å²) in [7, 11) is 0. The Morgan fingerprint density at radius 1 is 0.316 bits per heavy atom. The molecule has 0 spiro atoms. The highest BCUT2D eigenvalue weighted by molar-refractivity contribution is 6.25. The van der Waals surface area contributed by atoms with E-state index < -0.39 is 107 Å². The van der Waals surface area contributed by atoms with Crippen LogP contribution in [0.15, 0.2) is 210 Å². The van der Waals surface area contributed by atoms with Crippen LogP contribution in [0, 0.1) is 0 Å². The summed E-state index contributed by atoms with van der Waals surface area (Å²) in [5, 5.41) is 3.50. The van der Waals surface area contributed by atoms with E-state index >= 15 is 0 Å². The van der Waals surface area contributed by atoms with Crippen molar-refractivity contribution < 1.29 is 25.0 Å². The van der Waals surface area contributed by atoms with Gasteiger partial charge in [-0.2, -0.15) is 0 Å². The summed E-state index contributed by atoms with van der Waals surface area (Å²) < 4.78 is 143. The van der Waals surface area contributed by atoms with E-state index in [4.69, 9.17) is 18.1 Å². The Hall–Kier alpha value is -7.48. The number of para-hydroxylation sites is 1. The Balaban J connectivity index is 1.17. The van der Waals surface area contributed by atoms with Crippen LogP contribution in [0.2, 0.25) is 0 Å². The van der Waals surface area contributed by atoms with Crippen molar-refractivity contribution in [1.82, 2.24) is 0 Å². The highest BCUT2D eigenvalue weighted by Crippen LogP contribution is 2.47. The summed E-state index contributed by atoms with van der Waals surface area (Å²) in [4.78, 5) is 0. The van der Waals surface area contributed by atoms with Crippen LogP contribution in [-0.4, -0.2) is 0 Å². The van der Waals surface area contributed by atoms with Crippen molar-refractivity contribution in [1.29, 1.82) is 0 Å². The van der Waals surface area contributed by atoms with E-state index in [1.54, 1.807) is 12.1 Å². The van der Waals surface area contributed by atoms with E-state index in [9.17, 15) is 6.85 Å². The third-order valence-electron chi connectivity index (χ3n) is 11.0. The molecule has 0 saturated heterocycles. The Labute approximate surface area is 350 Å².